The summed E-state index contributed by atoms with van der Waals surface area (Å²) in [5.41, 5.74) is 0. The molecule has 0 aromatic heterocycles. The number of nitrogens with zero attached hydrogens (tertiary/aromatic N) is 6. The molecule has 180 valence electrons. The van der Waals surface area contributed by atoms with E-state index in [0.29, 0.717) is 0 Å². The van der Waals surface area contributed by atoms with Crippen LogP contribution in [0.2, 0.25) is 0 Å². The topological polar surface area (TPSA) is 19.4 Å². The normalized spacial score (nSPS) is 17.1. The Labute approximate surface area is 189 Å². The van der Waals surface area contributed by atoms with Gasteiger partial charge in [-0.3, -0.25) is 14.7 Å². The minimum atomic E-state index is 1.14. The van der Waals surface area contributed by atoms with Crippen LogP contribution >= 0.6 is 0 Å². The lowest BCUT2D eigenvalue weighted by atomic mass is 10.3. The van der Waals surface area contributed by atoms with Gasteiger partial charge in [0.1, 0.15) is 0 Å². The highest BCUT2D eigenvalue weighted by molar-refractivity contribution is 4.72. The van der Waals surface area contributed by atoms with Gasteiger partial charge in [-0.1, -0.05) is 41.5 Å². The van der Waals surface area contributed by atoms with E-state index in [0.717, 1.165) is 20.0 Å². The van der Waals surface area contributed by atoms with Crippen molar-refractivity contribution in [3.05, 3.63) is 0 Å². The van der Waals surface area contributed by atoms with Crippen molar-refractivity contribution < 1.29 is 0 Å². The molecule has 0 unspecified atom stereocenters. The summed E-state index contributed by atoms with van der Waals surface area (Å²) < 4.78 is 0. The van der Waals surface area contributed by atoms with Crippen LogP contribution in [0.3, 0.4) is 0 Å². The summed E-state index contributed by atoms with van der Waals surface area (Å²) in [5.74, 6) is 0. The van der Waals surface area contributed by atoms with Crippen molar-refractivity contribution >= 4 is 0 Å². The molecular weight excluding hydrogens is 372 g/mol. The fourth-order valence-corrected chi connectivity index (χ4v) is 4.58. The SMILES string of the molecule is CCN(CC)CCCN1CN(CCCN(CC)CC)CN(CCCN(CC)CC)C1. The summed E-state index contributed by atoms with van der Waals surface area (Å²) in [4.78, 5) is 15.7. The summed E-state index contributed by atoms with van der Waals surface area (Å²) >= 11 is 0. The van der Waals surface area contributed by atoms with Crippen LogP contribution in [0, 0.1) is 0 Å². The first-order chi connectivity index (χ1) is 14.6. The molecule has 1 fully saturated rings. The zero-order valence-electron chi connectivity index (χ0n) is 21.4. The number of hydrogen-bond acceptors (Lipinski definition) is 6. The smallest absolute Gasteiger partial charge is 0.0530 e. The summed E-state index contributed by atoms with van der Waals surface area (Å²) in [5, 5.41) is 0. The van der Waals surface area contributed by atoms with Crippen LogP contribution < -0.4 is 0 Å². The van der Waals surface area contributed by atoms with Crippen LogP contribution in [-0.4, -0.2) is 128 Å². The Hall–Kier alpha value is -0.240. The molecule has 1 saturated heterocycles. The lowest BCUT2D eigenvalue weighted by molar-refractivity contribution is -0.0328. The molecule has 1 rings (SSSR count). The van der Waals surface area contributed by atoms with Crippen LogP contribution in [0.1, 0.15) is 60.8 Å². The van der Waals surface area contributed by atoms with Crippen molar-refractivity contribution in [1.82, 2.24) is 29.4 Å². The molecular formula is C24H54N6. The highest BCUT2D eigenvalue weighted by atomic mass is 15.5. The molecule has 0 saturated carbocycles. The summed E-state index contributed by atoms with van der Waals surface area (Å²) in [7, 11) is 0. The molecule has 0 aliphatic carbocycles. The molecule has 0 amide bonds. The first-order valence-corrected chi connectivity index (χ1v) is 12.9. The molecule has 0 spiro atoms. The lowest BCUT2D eigenvalue weighted by Gasteiger charge is -2.43. The monoisotopic (exact) mass is 426 g/mol. The standard InChI is InChI=1S/C24H54N6/c1-7-25(8-2)16-13-19-28-22-29(20-14-17-26(9-3)10-4)24-30(23-28)21-15-18-27(11-5)12-6/h7-24H2,1-6H3. The summed E-state index contributed by atoms with van der Waals surface area (Å²) in [6.07, 6.45) is 3.84. The molecule has 0 bridgehead atoms. The van der Waals surface area contributed by atoms with Gasteiger partial charge in [-0.15, -0.1) is 0 Å². The molecule has 6 heteroatoms. The average Bonchev–Trinajstić information content (AvgIpc) is 2.77. The van der Waals surface area contributed by atoms with Crippen LogP contribution in [0.5, 0.6) is 0 Å². The maximum atomic E-state index is 2.68. The molecule has 0 radical (unpaired) electrons. The zero-order chi connectivity index (χ0) is 22.2. The molecule has 1 heterocycles. The zero-order valence-corrected chi connectivity index (χ0v) is 21.4. The van der Waals surface area contributed by atoms with Crippen molar-refractivity contribution in [3.8, 4) is 0 Å². The molecule has 1 aliphatic heterocycles. The Morgan fingerprint density at radius 3 is 0.867 bits per heavy atom. The van der Waals surface area contributed by atoms with E-state index in [2.05, 4.69) is 70.9 Å². The van der Waals surface area contributed by atoms with E-state index in [4.69, 9.17) is 0 Å². The largest absolute Gasteiger partial charge is 0.304 e. The molecule has 0 aromatic rings. The highest BCUT2D eigenvalue weighted by Crippen LogP contribution is 2.10. The molecule has 1 aliphatic rings. The van der Waals surface area contributed by atoms with E-state index in [1.807, 2.05) is 0 Å². The third kappa shape index (κ3) is 11.4. The molecule has 0 N–H and O–H groups in total. The molecule has 0 aromatic carbocycles. The van der Waals surface area contributed by atoms with Crippen molar-refractivity contribution in [2.75, 3.05) is 98.5 Å². The van der Waals surface area contributed by atoms with Crippen LogP contribution in [0.4, 0.5) is 0 Å². The maximum Gasteiger partial charge on any atom is 0.0530 e. The fourth-order valence-electron chi connectivity index (χ4n) is 4.58. The Morgan fingerprint density at radius 1 is 0.433 bits per heavy atom. The van der Waals surface area contributed by atoms with Gasteiger partial charge >= 0.3 is 0 Å². The average molecular weight is 427 g/mol. The second-order valence-corrected chi connectivity index (χ2v) is 8.75. The third-order valence-corrected chi connectivity index (χ3v) is 6.73. The Balaban J connectivity index is 2.50. The van der Waals surface area contributed by atoms with Gasteiger partial charge in [-0.25, -0.2) is 0 Å². The van der Waals surface area contributed by atoms with Gasteiger partial charge in [-0.05, 0) is 78.2 Å². The summed E-state index contributed by atoms with van der Waals surface area (Å²) in [6, 6.07) is 0. The number of rotatable bonds is 18. The van der Waals surface area contributed by atoms with E-state index < -0.39 is 0 Å². The Morgan fingerprint density at radius 2 is 0.667 bits per heavy atom. The van der Waals surface area contributed by atoms with Crippen LogP contribution in [-0.2, 0) is 0 Å². The van der Waals surface area contributed by atoms with Gasteiger partial charge in [0.25, 0.3) is 0 Å². The maximum absolute atomic E-state index is 2.68. The van der Waals surface area contributed by atoms with Crippen LogP contribution in [0.15, 0.2) is 0 Å². The molecule has 6 nitrogen and oxygen atoms in total. The van der Waals surface area contributed by atoms with E-state index in [1.165, 1.54) is 97.8 Å². The van der Waals surface area contributed by atoms with E-state index >= 15 is 0 Å². The molecule has 0 atom stereocenters. The van der Waals surface area contributed by atoms with Gasteiger partial charge in [0, 0.05) is 19.6 Å². The van der Waals surface area contributed by atoms with E-state index in [1.54, 1.807) is 0 Å². The quantitative estimate of drug-likeness (QED) is 0.333. The minimum Gasteiger partial charge on any atom is -0.304 e. The van der Waals surface area contributed by atoms with E-state index in [9.17, 15) is 0 Å². The van der Waals surface area contributed by atoms with Gasteiger partial charge in [0.2, 0.25) is 0 Å². The van der Waals surface area contributed by atoms with Crippen molar-refractivity contribution in [2.24, 2.45) is 0 Å². The van der Waals surface area contributed by atoms with Crippen molar-refractivity contribution in [3.63, 3.8) is 0 Å². The lowest BCUT2D eigenvalue weighted by Crippen LogP contribution is -2.55. The van der Waals surface area contributed by atoms with Gasteiger partial charge in [-0.2, -0.15) is 0 Å². The predicted octanol–water partition coefficient (Wildman–Crippen LogP) is 2.97. The third-order valence-electron chi connectivity index (χ3n) is 6.73. The number of hydrogen-bond donors (Lipinski definition) is 0. The Bertz CT molecular complexity index is 319. The summed E-state index contributed by atoms with van der Waals surface area (Å²) in [6.45, 7) is 31.5. The van der Waals surface area contributed by atoms with Crippen molar-refractivity contribution in [1.29, 1.82) is 0 Å². The fraction of sp³-hybridized carbons (Fsp3) is 1.00. The second kappa shape index (κ2) is 17.3. The first kappa shape index (κ1) is 27.8. The highest BCUT2D eigenvalue weighted by Gasteiger charge is 2.23. The van der Waals surface area contributed by atoms with E-state index in [-0.39, 0.29) is 0 Å². The predicted molar refractivity (Wildman–Crippen MR) is 132 cm³/mol. The van der Waals surface area contributed by atoms with Crippen LogP contribution in [0.25, 0.3) is 0 Å². The molecule has 30 heavy (non-hydrogen) atoms. The first-order valence-electron chi connectivity index (χ1n) is 12.9. The van der Waals surface area contributed by atoms with Gasteiger partial charge in [0.05, 0.1) is 20.0 Å². The van der Waals surface area contributed by atoms with Gasteiger partial charge in [0.15, 0.2) is 0 Å². The van der Waals surface area contributed by atoms with Gasteiger partial charge < -0.3 is 14.7 Å². The minimum absolute atomic E-state index is 1.14. The van der Waals surface area contributed by atoms with Crippen molar-refractivity contribution in [2.45, 2.75) is 60.8 Å². The Kier molecular flexibility index (Phi) is 16.1. The second-order valence-electron chi connectivity index (χ2n) is 8.75.